The third-order valence-electron chi connectivity index (χ3n) is 1.68. The normalized spacial score (nSPS) is 10.5. The molecule has 1 N–H and O–H groups in total. The Kier molecular flexibility index (Phi) is 1.77. The number of fused-ring (bicyclic) bond motifs is 1. The minimum atomic E-state index is -0.375. The predicted molar refractivity (Wildman–Crippen MR) is 48.7 cm³/mol. The van der Waals surface area contributed by atoms with Crippen molar-refractivity contribution in [1.29, 1.82) is 0 Å². The van der Waals surface area contributed by atoms with Crippen molar-refractivity contribution in [2.75, 3.05) is 0 Å². The average molecular weight is 196 g/mol. The first kappa shape index (κ1) is 8.19. The Morgan fingerprint density at radius 2 is 2.08 bits per heavy atom. The van der Waals surface area contributed by atoms with E-state index in [1.54, 1.807) is 0 Å². The largest absolute Gasteiger partial charge is 0.481 e. The molecule has 4 heteroatoms. The second kappa shape index (κ2) is 2.81. The van der Waals surface area contributed by atoms with Gasteiger partial charge in [0.2, 0.25) is 0 Å². The van der Waals surface area contributed by atoms with E-state index in [-0.39, 0.29) is 11.8 Å². The summed E-state index contributed by atoms with van der Waals surface area (Å²) in [5, 5.41) is 9.55. The highest BCUT2D eigenvalue weighted by molar-refractivity contribution is 7.71. The van der Waals surface area contributed by atoms with Gasteiger partial charge in [-0.05, 0) is 18.2 Å². The quantitative estimate of drug-likeness (QED) is 0.657. The summed E-state index contributed by atoms with van der Waals surface area (Å²) >= 11 is 4.91. The fraction of sp³-hybridized carbons (Fsp3) is 0. The zero-order valence-electron chi connectivity index (χ0n) is 6.45. The summed E-state index contributed by atoms with van der Waals surface area (Å²) in [4.78, 5) is 0. The molecule has 0 atom stereocenters. The molecule has 1 heterocycles. The van der Waals surface area contributed by atoms with Gasteiger partial charge in [0, 0.05) is 11.5 Å². The van der Waals surface area contributed by atoms with E-state index < -0.39 is 0 Å². The van der Waals surface area contributed by atoms with E-state index in [0.29, 0.717) is 15.5 Å². The third-order valence-corrected chi connectivity index (χ3v) is 2.01. The number of aromatic hydroxyl groups is 1. The van der Waals surface area contributed by atoms with Crippen LogP contribution >= 0.6 is 12.2 Å². The van der Waals surface area contributed by atoms with Crippen molar-refractivity contribution >= 4 is 23.2 Å². The van der Waals surface area contributed by atoms with Gasteiger partial charge in [-0.15, -0.1) is 0 Å². The molecule has 1 aromatic heterocycles. The number of halogens is 1. The number of rotatable bonds is 0. The lowest BCUT2D eigenvalue weighted by atomic mass is 10.2. The van der Waals surface area contributed by atoms with Crippen LogP contribution in [0.1, 0.15) is 0 Å². The maximum Gasteiger partial charge on any atom is 0.283 e. The molecule has 0 spiro atoms. The van der Waals surface area contributed by atoms with E-state index >= 15 is 0 Å². The fourth-order valence-corrected chi connectivity index (χ4v) is 1.38. The smallest absolute Gasteiger partial charge is 0.283 e. The van der Waals surface area contributed by atoms with Gasteiger partial charge in [-0.1, -0.05) is 12.2 Å². The first-order valence-electron chi connectivity index (χ1n) is 3.59. The summed E-state index contributed by atoms with van der Waals surface area (Å²) in [7, 11) is 0. The lowest BCUT2D eigenvalue weighted by Gasteiger charge is -1.97. The van der Waals surface area contributed by atoms with E-state index in [1.807, 2.05) is 0 Å². The van der Waals surface area contributed by atoms with Crippen molar-refractivity contribution in [2.24, 2.45) is 0 Å². The van der Waals surface area contributed by atoms with Crippen molar-refractivity contribution in [1.82, 2.24) is 0 Å². The van der Waals surface area contributed by atoms with Crippen molar-refractivity contribution in [2.45, 2.75) is 0 Å². The Bertz CT molecular complexity index is 518. The van der Waals surface area contributed by atoms with Gasteiger partial charge >= 0.3 is 0 Å². The molecule has 1 aromatic carbocycles. The molecular weight excluding hydrogens is 191 g/mol. The second-order valence-electron chi connectivity index (χ2n) is 2.59. The van der Waals surface area contributed by atoms with E-state index in [4.69, 9.17) is 21.7 Å². The zero-order valence-corrected chi connectivity index (χ0v) is 7.27. The van der Waals surface area contributed by atoms with Gasteiger partial charge in [0.05, 0.1) is 4.51 Å². The Balaban J connectivity index is 2.95. The van der Waals surface area contributed by atoms with E-state index in [9.17, 15) is 4.39 Å². The molecule has 13 heavy (non-hydrogen) atoms. The van der Waals surface area contributed by atoms with Crippen LogP contribution in [0.4, 0.5) is 4.39 Å². The molecule has 0 saturated carbocycles. The molecule has 0 saturated heterocycles. The van der Waals surface area contributed by atoms with E-state index in [2.05, 4.69) is 0 Å². The Morgan fingerprint density at radius 1 is 1.31 bits per heavy atom. The highest BCUT2D eigenvalue weighted by atomic mass is 32.1. The highest BCUT2D eigenvalue weighted by Crippen LogP contribution is 2.22. The Hall–Kier alpha value is -1.42. The maximum absolute atomic E-state index is 12.8. The summed E-state index contributed by atoms with van der Waals surface area (Å²) in [6, 6.07) is 5.23. The highest BCUT2D eigenvalue weighted by Gasteiger charge is 2.01. The molecule has 2 rings (SSSR count). The van der Waals surface area contributed by atoms with Crippen molar-refractivity contribution in [3.05, 3.63) is 34.6 Å². The molecule has 0 radical (unpaired) electrons. The Morgan fingerprint density at radius 3 is 2.85 bits per heavy atom. The molecule has 0 bridgehead atoms. The maximum atomic E-state index is 12.8. The first-order valence-corrected chi connectivity index (χ1v) is 4.00. The van der Waals surface area contributed by atoms with Gasteiger partial charge in [-0.2, -0.15) is 0 Å². The summed E-state index contributed by atoms with van der Waals surface area (Å²) in [5.74, 6) is -0.636. The van der Waals surface area contributed by atoms with Crippen LogP contribution in [0.5, 0.6) is 5.95 Å². The van der Waals surface area contributed by atoms with Crippen molar-refractivity contribution in [3.8, 4) is 5.95 Å². The SMILES string of the molecule is Oc1cc(=S)c2cc(F)ccc2o1. The van der Waals surface area contributed by atoms with Crippen LogP contribution in [0.25, 0.3) is 11.0 Å². The average Bonchev–Trinajstić information content (AvgIpc) is 2.06. The van der Waals surface area contributed by atoms with Crippen molar-refractivity contribution < 1.29 is 13.9 Å². The molecule has 0 aliphatic heterocycles. The van der Waals surface area contributed by atoms with Crippen LogP contribution < -0.4 is 0 Å². The van der Waals surface area contributed by atoms with Crippen LogP contribution in [0, 0.1) is 10.3 Å². The second-order valence-corrected chi connectivity index (χ2v) is 3.03. The van der Waals surface area contributed by atoms with Crippen LogP contribution in [0.2, 0.25) is 0 Å². The lowest BCUT2D eigenvalue weighted by Crippen LogP contribution is -1.77. The van der Waals surface area contributed by atoms with Crippen LogP contribution in [0.3, 0.4) is 0 Å². The van der Waals surface area contributed by atoms with Crippen LogP contribution in [0.15, 0.2) is 28.7 Å². The zero-order chi connectivity index (χ0) is 9.42. The molecule has 0 amide bonds. The topological polar surface area (TPSA) is 33.4 Å². The summed E-state index contributed by atoms with van der Waals surface area (Å²) < 4.78 is 18.1. The van der Waals surface area contributed by atoms with Gasteiger partial charge in [0.15, 0.2) is 0 Å². The van der Waals surface area contributed by atoms with Gasteiger partial charge in [0.1, 0.15) is 11.4 Å². The van der Waals surface area contributed by atoms with Gasteiger partial charge < -0.3 is 9.52 Å². The van der Waals surface area contributed by atoms with Crippen LogP contribution in [-0.4, -0.2) is 5.11 Å². The molecule has 0 aliphatic carbocycles. The minimum absolute atomic E-state index is 0.260. The summed E-state index contributed by atoms with van der Waals surface area (Å²) in [6.07, 6.45) is 0. The van der Waals surface area contributed by atoms with E-state index in [0.717, 1.165) is 0 Å². The van der Waals surface area contributed by atoms with Gasteiger partial charge in [0.25, 0.3) is 5.95 Å². The van der Waals surface area contributed by atoms with E-state index in [1.165, 1.54) is 24.3 Å². The summed E-state index contributed by atoms with van der Waals surface area (Å²) in [5.41, 5.74) is 0.381. The van der Waals surface area contributed by atoms with Crippen LogP contribution in [-0.2, 0) is 0 Å². The molecule has 2 aromatic rings. The number of benzene rings is 1. The van der Waals surface area contributed by atoms with Gasteiger partial charge in [-0.3, -0.25) is 0 Å². The minimum Gasteiger partial charge on any atom is -0.481 e. The molecule has 0 fully saturated rings. The lowest BCUT2D eigenvalue weighted by molar-refractivity contribution is 0.339. The summed E-state index contributed by atoms with van der Waals surface area (Å²) in [6.45, 7) is 0. The molecule has 66 valence electrons. The molecule has 2 nitrogen and oxygen atoms in total. The molecule has 0 aliphatic rings. The number of hydrogen-bond acceptors (Lipinski definition) is 3. The van der Waals surface area contributed by atoms with Gasteiger partial charge in [-0.25, -0.2) is 4.39 Å². The third kappa shape index (κ3) is 1.40. The fourth-order valence-electron chi connectivity index (χ4n) is 1.12. The van der Waals surface area contributed by atoms with Crippen molar-refractivity contribution in [3.63, 3.8) is 0 Å². The molecular formula is C9H5FO2S. The molecule has 0 unspecified atom stereocenters. The Labute approximate surface area is 78.2 Å². The monoisotopic (exact) mass is 196 g/mol. The predicted octanol–water partition coefficient (Wildman–Crippen LogP) is 3.01. The standard InChI is InChI=1S/C9H5FO2S/c10-5-1-2-7-6(3-5)8(13)4-9(11)12-7/h1-4,11H. The number of hydrogen-bond donors (Lipinski definition) is 1. The first-order chi connectivity index (χ1) is 6.16.